The van der Waals surface area contributed by atoms with Crippen LogP contribution in [0.3, 0.4) is 0 Å². The lowest BCUT2D eigenvalue weighted by Gasteiger charge is -2.34. The third-order valence-corrected chi connectivity index (χ3v) is 5.75. The fourth-order valence-electron chi connectivity index (χ4n) is 3.63. The molecule has 1 aromatic carbocycles. The highest BCUT2D eigenvalue weighted by molar-refractivity contribution is 5.93. The van der Waals surface area contributed by atoms with E-state index in [-0.39, 0.29) is 29.2 Å². The van der Waals surface area contributed by atoms with Gasteiger partial charge in [-0.25, -0.2) is 4.79 Å². The van der Waals surface area contributed by atoms with Gasteiger partial charge in [0, 0.05) is 18.2 Å². The van der Waals surface area contributed by atoms with Crippen LogP contribution in [0, 0.1) is 22.0 Å². The summed E-state index contributed by atoms with van der Waals surface area (Å²) in [6.45, 7) is 3.90. The maximum Gasteiger partial charge on any atom is 0.338 e. The largest absolute Gasteiger partial charge is 0.452 e. The Labute approximate surface area is 164 Å². The van der Waals surface area contributed by atoms with Crippen molar-refractivity contribution in [1.82, 2.24) is 5.32 Å². The standard InChI is InChI=1S/C20H27N3O5/c1-12-4-3-5-16(13(12)2)22-19(24)11-28-20(25)14-6-9-17(21-15-7-8-15)18(10-14)23(26)27/h6,9-10,12-13,15-16,21H,3-5,7-8,11H2,1-2H3,(H,22,24)/t12-,13+,16+/m0/s1. The van der Waals surface area contributed by atoms with Gasteiger partial charge in [-0.1, -0.05) is 26.7 Å². The predicted molar refractivity (Wildman–Crippen MR) is 104 cm³/mol. The number of esters is 1. The zero-order chi connectivity index (χ0) is 20.3. The maximum absolute atomic E-state index is 12.2. The third kappa shape index (κ3) is 4.99. The molecule has 0 saturated heterocycles. The number of carbonyl (C=O) groups is 2. The van der Waals surface area contributed by atoms with E-state index in [0.717, 1.165) is 32.1 Å². The molecule has 0 spiro atoms. The molecule has 8 heteroatoms. The molecule has 3 atom stereocenters. The average molecular weight is 389 g/mol. The van der Waals surface area contributed by atoms with Crippen LogP contribution in [0.2, 0.25) is 0 Å². The van der Waals surface area contributed by atoms with Gasteiger partial charge in [0.1, 0.15) is 5.69 Å². The van der Waals surface area contributed by atoms with Crippen molar-refractivity contribution in [3.63, 3.8) is 0 Å². The van der Waals surface area contributed by atoms with E-state index in [1.165, 1.54) is 18.2 Å². The number of anilines is 1. The average Bonchev–Trinajstić information content (AvgIpc) is 3.47. The minimum atomic E-state index is -0.749. The molecular formula is C20H27N3O5. The monoisotopic (exact) mass is 389 g/mol. The number of nitro benzene ring substituents is 1. The van der Waals surface area contributed by atoms with E-state index in [0.29, 0.717) is 17.5 Å². The molecule has 28 heavy (non-hydrogen) atoms. The van der Waals surface area contributed by atoms with Gasteiger partial charge in [-0.3, -0.25) is 14.9 Å². The van der Waals surface area contributed by atoms with Gasteiger partial charge in [0.15, 0.2) is 6.61 Å². The number of amides is 1. The Hall–Kier alpha value is -2.64. The van der Waals surface area contributed by atoms with Gasteiger partial charge in [-0.05, 0) is 43.2 Å². The molecule has 0 aliphatic heterocycles. The summed E-state index contributed by atoms with van der Waals surface area (Å²) in [5.74, 6) is -0.172. The zero-order valence-electron chi connectivity index (χ0n) is 16.3. The Kier molecular flexibility index (Phi) is 6.16. The molecule has 2 N–H and O–H groups in total. The Morgan fingerprint density at radius 1 is 1.21 bits per heavy atom. The fourth-order valence-corrected chi connectivity index (χ4v) is 3.63. The van der Waals surface area contributed by atoms with Crippen LogP contribution in [0.25, 0.3) is 0 Å². The van der Waals surface area contributed by atoms with Crippen LogP contribution in [0.1, 0.15) is 56.3 Å². The second kappa shape index (κ2) is 8.58. The van der Waals surface area contributed by atoms with Crippen LogP contribution < -0.4 is 10.6 Å². The normalized spacial score (nSPS) is 24.3. The molecule has 2 fully saturated rings. The second-order valence-electron chi connectivity index (χ2n) is 7.93. The lowest BCUT2D eigenvalue weighted by Crippen LogP contribution is -2.45. The van der Waals surface area contributed by atoms with Gasteiger partial charge in [-0.15, -0.1) is 0 Å². The number of hydrogen-bond acceptors (Lipinski definition) is 6. The molecule has 0 unspecified atom stereocenters. The van der Waals surface area contributed by atoms with Gasteiger partial charge in [0.05, 0.1) is 10.5 Å². The number of carbonyl (C=O) groups excluding carboxylic acids is 2. The van der Waals surface area contributed by atoms with Gasteiger partial charge < -0.3 is 15.4 Å². The van der Waals surface area contributed by atoms with E-state index in [4.69, 9.17) is 4.74 Å². The van der Waals surface area contributed by atoms with Gasteiger partial charge >= 0.3 is 5.97 Å². The van der Waals surface area contributed by atoms with Crippen molar-refractivity contribution in [2.24, 2.45) is 11.8 Å². The van der Waals surface area contributed by atoms with E-state index < -0.39 is 17.5 Å². The molecule has 0 radical (unpaired) electrons. The maximum atomic E-state index is 12.2. The highest BCUT2D eigenvalue weighted by Gasteiger charge is 2.29. The smallest absolute Gasteiger partial charge is 0.338 e. The summed E-state index contributed by atoms with van der Waals surface area (Å²) in [5, 5.41) is 17.3. The van der Waals surface area contributed by atoms with E-state index in [2.05, 4.69) is 24.5 Å². The van der Waals surface area contributed by atoms with E-state index in [1.54, 1.807) is 0 Å². The first kappa shape index (κ1) is 20.1. The highest BCUT2D eigenvalue weighted by Crippen LogP contribution is 2.32. The molecule has 0 heterocycles. The number of nitrogens with zero attached hydrogens (tertiary/aromatic N) is 1. The summed E-state index contributed by atoms with van der Waals surface area (Å²) in [6.07, 6.45) is 5.11. The van der Waals surface area contributed by atoms with Crippen molar-refractivity contribution in [3.05, 3.63) is 33.9 Å². The predicted octanol–water partition coefficient (Wildman–Crippen LogP) is 3.27. The molecule has 2 aliphatic carbocycles. The molecule has 2 aliphatic rings. The van der Waals surface area contributed by atoms with Crippen LogP contribution in [0.4, 0.5) is 11.4 Å². The SMILES string of the molecule is C[C@@H]1[C@@H](C)CCC[C@H]1NC(=O)COC(=O)c1ccc(NC2CC2)c([N+](=O)[O-])c1. The van der Waals surface area contributed by atoms with Crippen molar-refractivity contribution >= 4 is 23.3 Å². The minimum absolute atomic E-state index is 0.0560. The lowest BCUT2D eigenvalue weighted by atomic mass is 9.78. The number of hydrogen-bond donors (Lipinski definition) is 2. The zero-order valence-corrected chi connectivity index (χ0v) is 16.3. The van der Waals surface area contributed by atoms with E-state index >= 15 is 0 Å². The summed E-state index contributed by atoms with van der Waals surface area (Å²) in [5.41, 5.74) is 0.276. The molecule has 2 saturated carbocycles. The molecule has 8 nitrogen and oxygen atoms in total. The minimum Gasteiger partial charge on any atom is -0.452 e. The van der Waals surface area contributed by atoms with Crippen LogP contribution in [0.15, 0.2) is 18.2 Å². The quantitative estimate of drug-likeness (QED) is 0.421. The molecule has 0 aromatic heterocycles. The first-order valence-electron chi connectivity index (χ1n) is 9.86. The summed E-state index contributed by atoms with van der Waals surface area (Å²) in [6, 6.07) is 4.52. The van der Waals surface area contributed by atoms with Crippen molar-refractivity contribution in [2.45, 2.75) is 58.0 Å². The summed E-state index contributed by atoms with van der Waals surface area (Å²) < 4.78 is 5.07. The number of nitro groups is 1. The van der Waals surface area contributed by atoms with Crippen molar-refractivity contribution < 1.29 is 19.2 Å². The highest BCUT2D eigenvalue weighted by atomic mass is 16.6. The van der Waals surface area contributed by atoms with E-state index in [1.807, 2.05) is 0 Å². The third-order valence-electron chi connectivity index (χ3n) is 5.75. The van der Waals surface area contributed by atoms with Gasteiger partial charge in [0.25, 0.3) is 11.6 Å². The van der Waals surface area contributed by atoms with Crippen LogP contribution in [-0.2, 0) is 9.53 Å². The molecule has 0 bridgehead atoms. The van der Waals surface area contributed by atoms with Crippen molar-refractivity contribution in [1.29, 1.82) is 0 Å². The van der Waals surface area contributed by atoms with Crippen LogP contribution in [0.5, 0.6) is 0 Å². The molecule has 152 valence electrons. The van der Waals surface area contributed by atoms with E-state index in [9.17, 15) is 19.7 Å². The van der Waals surface area contributed by atoms with Crippen molar-refractivity contribution in [3.8, 4) is 0 Å². The molecular weight excluding hydrogens is 362 g/mol. The van der Waals surface area contributed by atoms with Gasteiger partial charge in [0.2, 0.25) is 0 Å². The second-order valence-corrected chi connectivity index (χ2v) is 7.93. The van der Waals surface area contributed by atoms with Crippen LogP contribution >= 0.6 is 0 Å². The van der Waals surface area contributed by atoms with Crippen molar-refractivity contribution in [2.75, 3.05) is 11.9 Å². The topological polar surface area (TPSA) is 111 Å². The number of nitrogens with one attached hydrogen (secondary N) is 2. The molecule has 3 rings (SSSR count). The summed E-state index contributed by atoms with van der Waals surface area (Å²) >= 11 is 0. The summed E-state index contributed by atoms with van der Waals surface area (Å²) in [7, 11) is 0. The first-order chi connectivity index (χ1) is 13.3. The van der Waals surface area contributed by atoms with Crippen LogP contribution in [-0.4, -0.2) is 35.5 Å². The number of rotatable bonds is 7. The summed E-state index contributed by atoms with van der Waals surface area (Å²) in [4.78, 5) is 35.1. The van der Waals surface area contributed by atoms with Gasteiger partial charge in [-0.2, -0.15) is 0 Å². The lowest BCUT2D eigenvalue weighted by molar-refractivity contribution is -0.384. The Morgan fingerprint density at radius 2 is 1.96 bits per heavy atom. The Morgan fingerprint density at radius 3 is 2.64 bits per heavy atom. The fraction of sp³-hybridized carbons (Fsp3) is 0.600. The number of benzene rings is 1. The number of ether oxygens (including phenoxy) is 1. The molecule has 1 aromatic rings. The molecule has 1 amide bonds. The Balaban J connectivity index is 1.56. The Bertz CT molecular complexity index is 762. The first-order valence-corrected chi connectivity index (χ1v) is 9.86.